The number of anilines is 1. The van der Waals surface area contributed by atoms with E-state index >= 15 is 0 Å². The quantitative estimate of drug-likeness (QED) is 0.359. The van der Waals surface area contributed by atoms with Gasteiger partial charge in [-0.15, -0.1) is 10.2 Å². The van der Waals surface area contributed by atoms with E-state index in [0.29, 0.717) is 30.5 Å². The third-order valence-electron chi connectivity index (χ3n) is 3.45. The Labute approximate surface area is 157 Å². The van der Waals surface area contributed by atoms with Gasteiger partial charge in [-0.1, -0.05) is 56.0 Å². The summed E-state index contributed by atoms with van der Waals surface area (Å²) in [6.07, 6.45) is 2.15. The first-order chi connectivity index (χ1) is 12.1. The number of ether oxygens (including phenoxy) is 1. The van der Waals surface area contributed by atoms with E-state index in [4.69, 9.17) is 4.74 Å². The number of nitrogens with zero attached hydrogens (tertiary/aromatic N) is 2. The molecule has 0 atom stereocenters. The van der Waals surface area contributed by atoms with E-state index in [1.165, 1.54) is 16.9 Å². The molecule has 0 saturated carbocycles. The van der Waals surface area contributed by atoms with Crippen LogP contribution in [0.15, 0.2) is 28.6 Å². The second kappa shape index (κ2) is 10.4. The van der Waals surface area contributed by atoms with E-state index in [9.17, 15) is 4.79 Å². The van der Waals surface area contributed by atoms with E-state index in [-0.39, 0.29) is 5.91 Å². The first-order valence-corrected chi connectivity index (χ1v) is 10.4. The Morgan fingerprint density at radius 2 is 2.04 bits per heavy atom. The zero-order valence-electron chi connectivity index (χ0n) is 14.9. The largest absolute Gasteiger partial charge is 0.494 e. The van der Waals surface area contributed by atoms with Gasteiger partial charge in [-0.2, -0.15) is 0 Å². The van der Waals surface area contributed by atoms with Gasteiger partial charge in [0.05, 0.1) is 6.61 Å². The van der Waals surface area contributed by atoms with Crippen LogP contribution in [-0.4, -0.2) is 28.5 Å². The molecule has 0 aliphatic heterocycles. The maximum Gasteiger partial charge on any atom is 0.226 e. The summed E-state index contributed by atoms with van der Waals surface area (Å²) in [5.41, 5.74) is 1.29. The average Bonchev–Trinajstić information content (AvgIpc) is 3.04. The SMILES string of the molecule is CCCSc1nnc(NC(=O)CCCOc2ccc(C(C)C)cc2)s1. The van der Waals surface area contributed by atoms with Crippen LogP contribution in [-0.2, 0) is 4.79 Å². The Morgan fingerprint density at radius 3 is 2.72 bits per heavy atom. The van der Waals surface area contributed by atoms with Crippen molar-refractivity contribution in [1.82, 2.24) is 10.2 Å². The monoisotopic (exact) mass is 379 g/mol. The van der Waals surface area contributed by atoms with E-state index in [1.807, 2.05) is 12.1 Å². The van der Waals surface area contributed by atoms with Crippen molar-refractivity contribution >= 4 is 34.1 Å². The zero-order valence-corrected chi connectivity index (χ0v) is 16.6. The van der Waals surface area contributed by atoms with Crippen LogP contribution in [0.2, 0.25) is 0 Å². The molecule has 5 nitrogen and oxygen atoms in total. The van der Waals surface area contributed by atoms with Gasteiger partial charge in [-0.05, 0) is 36.5 Å². The van der Waals surface area contributed by atoms with Crippen LogP contribution >= 0.6 is 23.1 Å². The highest BCUT2D eigenvalue weighted by molar-refractivity contribution is 8.01. The number of carbonyl (C=O) groups excluding carboxylic acids is 1. The lowest BCUT2D eigenvalue weighted by molar-refractivity contribution is -0.116. The highest BCUT2D eigenvalue weighted by Crippen LogP contribution is 2.26. The lowest BCUT2D eigenvalue weighted by Crippen LogP contribution is -2.12. The third kappa shape index (κ3) is 7.04. The van der Waals surface area contributed by atoms with Crippen LogP contribution in [0, 0.1) is 0 Å². The summed E-state index contributed by atoms with van der Waals surface area (Å²) in [6, 6.07) is 8.12. The van der Waals surface area contributed by atoms with Crippen molar-refractivity contribution in [3.05, 3.63) is 29.8 Å². The number of benzene rings is 1. The number of carbonyl (C=O) groups is 1. The average molecular weight is 380 g/mol. The number of nitrogens with one attached hydrogen (secondary N) is 1. The van der Waals surface area contributed by atoms with Crippen molar-refractivity contribution in [2.24, 2.45) is 0 Å². The second-order valence-corrected chi connectivity index (χ2v) is 8.27. The van der Waals surface area contributed by atoms with Gasteiger partial charge in [0.15, 0.2) is 4.34 Å². The topological polar surface area (TPSA) is 64.1 Å². The predicted molar refractivity (Wildman–Crippen MR) is 105 cm³/mol. The Morgan fingerprint density at radius 1 is 1.28 bits per heavy atom. The van der Waals surface area contributed by atoms with Crippen molar-refractivity contribution in [2.75, 3.05) is 17.7 Å². The van der Waals surface area contributed by atoms with Crippen molar-refractivity contribution in [3.8, 4) is 5.75 Å². The molecule has 0 saturated heterocycles. The minimum absolute atomic E-state index is 0.0538. The highest BCUT2D eigenvalue weighted by atomic mass is 32.2. The summed E-state index contributed by atoms with van der Waals surface area (Å²) in [4.78, 5) is 11.9. The smallest absolute Gasteiger partial charge is 0.226 e. The Bertz CT molecular complexity index is 657. The molecule has 1 heterocycles. The third-order valence-corrected chi connectivity index (χ3v) is 5.62. The van der Waals surface area contributed by atoms with Gasteiger partial charge >= 0.3 is 0 Å². The zero-order chi connectivity index (χ0) is 18.1. The van der Waals surface area contributed by atoms with Gasteiger partial charge in [0, 0.05) is 12.2 Å². The van der Waals surface area contributed by atoms with E-state index in [0.717, 1.165) is 22.3 Å². The molecule has 1 aromatic heterocycles. The molecule has 1 N–H and O–H groups in total. The van der Waals surface area contributed by atoms with Gasteiger partial charge in [0.1, 0.15) is 5.75 Å². The van der Waals surface area contributed by atoms with E-state index in [2.05, 4.69) is 48.4 Å². The first-order valence-electron chi connectivity index (χ1n) is 8.57. The molecule has 7 heteroatoms. The molecule has 136 valence electrons. The predicted octanol–water partition coefficient (Wildman–Crippen LogP) is 4.96. The number of rotatable bonds is 10. The molecule has 0 aliphatic carbocycles. The van der Waals surface area contributed by atoms with Crippen molar-refractivity contribution < 1.29 is 9.53 Å². The van der Waals surface area contributed by atoms with Crippen LogP contribution in [0.5, 0.6) is 5.75 Å². The molecular formula is C18H25N3O2S2. The fourth-order valence-electron chi connectivity index (χ4n) is 2.06. The van der Waals surface area contributed by atoms with Gasteiger partial charge in [0.25, 0.3) is 0 Å². The van der Waals surface area contributed by atoms with Gasteiger partial charge in [-0.25, -0.2) is 0 Å². The summed E-state index contributed by atoms with van der Waals surface area (Å²) in [6.45, 7) is 6.97. The summed E-state index contributed by atoms with van der Waals surface area (Å²) < 4.78 is 6.57. The number of hydrogen-bond acceptors (Lipinski definition) is 6. The molecule has 0 fully saturated rings. The maximum absolute atomic E-state index is 11.9. The summed E-state index contributed by atoms with van der Waals surface area (Å²) >= 11 is 3.08. The standard InChI is InChI=1S/C18H25N3O2S2/c1-4-12-24-18-21-20-17(25-18)19-16(22)6-5-11-23-15-9-7-14(8-10-15)13(2)3/h7-10,13H,4-6,11-12H2,1-3H3,(H,19,20,22). The Kier molecular flexibility index (Phi) is 8.21. The molecule has 1 aromatic carbocycles. The molecule has 2 rings (SSSR count). The maximum atomic E-state index is 11.9. The molecule has 25 heavy (non-hydrogen) atoms. The molecule has 0 bridgehead atoms. The lowest BCUT2D eigenvalue weighted by atomic mass is 10.0. The first kappa shape index (κ1) is 19.7. The van der Waals surface area contributed by atoms with E-state index in [1.54, 1.807) is 11.8 Å². The molecule has 0 unspecified atom stereocenters. The Balaban J connectivity index is 1.65. The number of aromatic nitrogens is 2. The van der Waals surface area contributed by atoms with Crippen LogP contribution < -0.4 is 10.1 Å². The second-order valence-electron chi connectivity index (χ2n) is 5.95. The number of hydrogen-bond donors (Lipinski definition) is 1. The molecule has 0 radical (unpaired) electrons. The fraction of sp³-hybridized carbons (Fsp3) is 0.500. The molecule has 2 aromatic rings. The minimum atomic E-state index is -0.0538. The van der Waals surface area contributed by atoms with Crippen LogP contribution in [0.1, 0.15) is 51.5 Å². The number of amides is 1. The summed E-state index contributed by atoms with van der Waals surface area (Å²) in [7, 11) is 0. The van der Waals surface area contributed by atoms with Crippen LogP contribution in [0.4, 0.5) is 5.13 Å². The van der Waals surface area contributed by atoms with Crippen molar-refractivity contribution in [2.45, 2.75) is 50.3 Å². The molecular weight excluding hydrogens is 354 g/mol. The molecule has 0 aliphatic rings. The molecule has 1 amide bonds. The van der Waals surface area contributed by atoms with Crippen molar-refractivity contribution in [1.29, 1.82) is 0 Å². The van der Waals surface area contributed by atoms with Crippen LogP contribution in [0.3, 0.4) is 0 Å². The minimum Gasteiger partial charge on any atom is -0.494 e. The van der Waals surface area contributed by atoms with Gasteiger partial charge < -0.3 is 10.1 Å². The van der Waals surface area contributed by atoms with Crippen LogP contribution in [0.25, 0.3) is 0 Å². The summed E-state index contributed by atoms with van der Waals surface area (Å²) in [5.74, 6) is 2.31. The number of thioether (sulfide) groups is 1. The highest BCUT2D eigenvalue weighted by Gasteiger charge is 2.08. The lowest BCUT2D eigenvalue weighted by Gasteiger charge is -2.08. The van der Waals surface area contributed by atoms with Gasteiger partial charge in [-0.3, -0.25) is 4.79 Å². The normalized spacial score (nSPS) is 10.9. The molecule has 0 spiro atoms. The van der Waals surface area contributed by atoms with Gasteiger partial charge in [0.2, 0.25) is 11.0 Å². The Hall–Kier alpha value is -1.60. The fourth-order valence-corrected chi connectivity index (χ4v) is 3.75. The summed E-state index contributed by atoms with van der Waals surface area (Å²) in [5, 5.41) is 11.4. The van der Waals surface area contributed by atoms with Crippen molar-refractivity contribution in [3.63, 3.8) is 0 Å². The van der Waals surface area contributed by atoms with E-state index < -0.39 is 0 Å².